The Hall–Kier alpha value is 0.600. The third kappa shape index (κ3) is 3.68. The molecule has 0 aromatic heterocycles. The van der Waals surface area contributed by atoms with Crippen LogP contribution < -0.4 is 4.72 Å². The number of halogens is 1. The molecule has 0 radical (unpaired) electrons. The molecule has 0 bridgehead atoms. The molecule has 0 aromatic carbocycles. The van der Waals surface area contributed by atoms with Gasteiger partial charge in [-0.1, -0.05) is 0 Å². The summed E-state index contributed by atoms with van der Waals surface area (Å²) in [5, 5.41) is 0. The summed E-state index contributed by atoms with van der Waals surface area (Å²) in [4.78, 5) is 0. The van der Waals surface area contributed by atoms with E-state index in [1.807, 2.05) is 0 Å². The second-order valence-electron chi connectivity index (χ2n) is 2.74. The Balaban J connectivity index is 2.41. The Morgan fingerprint density at radius 3 is 2.64 bits per heavy atom. The molecule has 11 heavy (non-hydrogen) atoms. The van der Waals surface area contributed by atoms with Gasteiger partial charge in [0, 0.05) is 42.0 Å². The molecule has 1 rings (SSSR count). The largest absolute Gasteiger partial charge is 0.246 e. The standard InChI is InChI=1S/C5H11IN2O2S/c1-11(9,10)7-5-2-3-8(6)4-5/h5,7H,2-4H2,1H3/t5-/m1/s1. The summed E-state index contributed by atoms with van der Waals surface area (Å²) in [6.45, 7) is 1.78. The van der Waals surface area contributed by atoms with Crippen molar-refractivity contribution in [1.29, 1.82) is 0 Å². The molecule has 0 unspecified atom stereocenters. The van der Waals surface area contributed by atoms with Crippen LogP contribution in [-0.4, -0.2) is 36.9 Å². The first kappa shape index (κ1) is 9.69. The average Bonchev–Trinajstić information content (AvgIpc) is 2.10. The van der Waals surface area contributed by atoms with E-state index >= 15 is 0 Å². The van der Waals surface area contributed by atoms with Crippen molar-refractivity contribution < 1.29 is 8.42 Å². The van der Waals surface area contributed by atoms with E-state index in [-0.39, 0.29) is 6.04 Å². The highest BCUT2D eigenvalue weighted by molar-refractivity contribution is 14.1. The van der Waals surface area contributed by atoms with Crippen LogP contribution in [0.4, 0.5) is 0 Å². The van der Waals surface area contributed by atoms with Gasteiger partial charge in [-0.3, -0.25) is 0 Å². The highest BCUT2D eigenvalue weighted by Gasteiger charge is 2.22. The number of sulfonamides is 1. The SMILES string of the molecule is CS(=O)(=O)N[C@@H]1CCN(I)C1. The normalized spacial score (nSPS) is 27.6. The molecule has 1 aliphatic rings. The summed E-state index contributed by atoms with van der Waals surface area (Å²) >= 11 is 2.20. The first-order valence-corrected chi connectivity index (χ1v) is 6.21. The molecule has 66 valence electrons. The third-order valence-electron chi connectivity index (χ3n) is 1.52. The Kier molecular flexibility index (Phi) is 3.12. The van der Waals surface area contributed by atoms with Gasteiger partial charge in [0.15, 0.2) is 0 Å². The summed E-state index contributed by atoms with van der Waals surface area (Å²) in [5.74, 6) is 0. The predicted octanol–water partition coefficient (Wildman–Crippen LogP) is -0.0401. The minimum absolute atomic E-state index is 0.113. The van der Waals surface area contributed by atoms with Crippen LogP contribution in [0.2, 0.25) is 0 Å². The topological polar surface area (TPSA) is 49.4 Å². The fraction of sp³-hybridized carbons (Fsp3) is 1.00. The molecule has 1 saturated heterocycles. The zero-order chi connectivity index (χ0) is 8.48. The summed E-state index contributed by atoms with van der Waals surface area (Å²) < 4.78 is 26.2. The van der Waals surface area contributed by atoms with E-state index in [2.05, 4.69) is 30.7 Å². The van der Waals surface area contributed by atoms with Gasteiger partial charge >= 0.3 is 0 Å². The lowest BCUT2D eigenvalue weighted by Crippen LogP contribution is -2.34. The van der Waals surface area contributed by atoms with Crippen molar-refractivity contribution in [3.8, 4) is 0 Å². The average molecular weight is 290 g/mol. The van der Waals surface area contributed by atoms with Crippen molar-refractivity contribution in [2.75, 3.05) is 19.3 Å². The molecular formula is C5H11IN2O2S. The van der Waals surface area contributed by atoms with Crippen LogP contribution in [-0.2, 0) is 10.0 Å². The summed E-state index contributed by atoms with van der Waals surface area (Å²) in [6.07, 6.45) is 2.11. The Morgan fingerprint density at radius 1 is 1.64 bits per heavy atom. The lowest BCUT2D eigenvalue weighted by Gasteiger charge is -2.08. The van der Waals surface area contributed by atoms with E-state index in [9.17, 15) is 8.42 Å². The quantitative estimate of drug-likeness (QED) is 0.573. The van der Waals surface area contributed by atoms with Crippen LogP contribution in [0, 0.1) is 0 Å². The number of nitrogens with zero attached hydrogens (tertiary/aromatic N) is 1. The van der Waals surface area contributed by atoms with Gasteiger partial charge in [-0.15, -0.1) is 0 Å². The summed E-state index contributed by atoms with van der Waals surface area (Å²) in [6, 6.07) is 0.113. The van der Waals surface area contributed by atoms with Gasteiger partial charge < -0.3 is 0 Å². The molecule has 1 N–H and O–H groups in total. The van der Waals surface area contributed by atoms with Crippen molar-refractivity contribution in [3.05, 3.63) is 0 Å². The zero-order valence-corrected chi connectivity index (χ0v) is 9.22. The van der Waals surface area contributed by atoms with E-state index in [1.165, 1.54) is 6.26 Å². The third-order valence-corrected chi connectivity index (χ3v) is 3.16. The van der Waals surface area contributed by atoms with Crippen LogP contribution in [0.1, 0.15) is 6.42 Å². The van der Waals surface area contributed by atoms with Crippen molar-refractivity contribution in [3.63, 3.8) is 0 Å². The Labute approximate surface area is 80.9 Å². The summed E-state index contributed by atoms with van der Waals surface area (Å²) in [5.41, 5.74) is 0. The van der Waals surface area contributed by atoms with Gasteiger partial charge in [-0.25, -0.2) is 16.3 Å². The molecule has 6 heteroatoms. The molecule has 1 atom stereocenters. The lowest BCUT2D eigenvalue weighted by molar-refractivity contribution is 0.555. The van der Waals surface area contributed by atoms with Crippen LogP contribution in [0.3, 0.4) is 0 Å². The van der Waals surface area contributed by atoms with E-state index in [4.69, 9.17) is 0 Å². The number of hydrogen-bond donors (Lipinski definition) is 1. The maximum atomic E-state index is 10.8. The lowest BCUT2D eigenvalue weighted by atomic mass is 10.3. The fourth-order valence-corrected chi connectivity index (χ4v) is 2.67. The van der Waals surface area contributed by atoms with E-state index in [1.54, 1.807) is 0 Å². The monoisotopic (exact) mass is 290 g/mol. The molecule has 0 amide bonds. The van der Waals surface area contributed by atoms with Gasteiger partial charge in [-0.2, -0.15) is 0 Å². The van der Waals surface area contributed by atoms with Gasteiger partial charge in [-0.05, 0) is 6.42 Å². The molecule has 0 aliphatic carbocycles. The van der Waals surface area contributed by atoms with Crippen LogP contribution in [0.25, 0.3) is 0 Å². The minimum atomic E-state index is -3.01. The van der Waals surface area contributed by atoms with Gasteiger partial charge in [0.2, 0.25) is 10.0 Å². The highest BCUT2D eigenvalue weighted by Crippen LogP contribution is 2.13. The van der Waals surface area contributed by atoms with Crippen molar-refractivity contribution in [2.24, 2.45) is 0 Å². The molecule has 0 saturated carbocycles. The number of nitrogens with one attached hydrogen (secondary N) is 1. The molecule has 0 spiro atoms. The predicted molar refractivity (Wildman–Crippen MR) is 52.0 cm³/mol. The van der Waals surface area contributed by atoms with Gasteiger partial charge in [0.1, 0.15) is 0 Å². The Bertz CT molecular complexity index is 229. The number of hydrogen-bond acceptors (Lipinski definition) is 3. The molecular weight excluding hydrogens is 279 g/mol. The second kappa shape index (κ2) is 3.55. The Morgan fingerprint density at radius 2 is 2.27 bits per heavy atom. The van der Waals surface area contributed by atoms with E-state index in [0.717, 1.165) is 19.5 Å². The summed E-state index contributed by atoms with van der Waals surface area (Å²) in [7, 11) is -3.01. The molecule has 1 heterocycles. The molecule has 4 nitrogen and oxygen atoms in total. The smallest absolute Gasteiger partial charge is 0.208 e. The molecule has 1 fully saturated rings. The van der Waals surface area contributed by atoms with Crippen LogP contribution in [0.5, 0.6) is 0 Å². The second-order valence-corrected chi connectivity index (χ2v) is 5.89. The fourth-order valence-electron chi connectivity index (χ4n) is 1.12. The zero-order valence-electron chi connectivity index (χ0n) is 6.25. The maximum Gasteiger partial charge on any atom is 0.208 e. The van der Waals surface area contributed by atoms with Crippen LogP contribution >= 0.6 is 22.9 Å². The first-order chi connectivity index (χ1) is 4.97. The minimum Gasteiger partial charge on any atom is -0.246 e. The van der Waals surface area contributed by atoms with E-state index in [0.29, 0.717) is 0 Å². The maximum absolute atomic E-state index is 10.8. The van der Waals surface area contributed by atoms with Crippen molar-refractivity contribution in [1.82, 2.24) is 7.84 Å². The first-order valence-electron chi connectivity index (χ1n) is 3.35. The van der Waals surface area contributed by atoms with Gasteiger partial charge in [0.25, 0.3) is 0 Å². The molecule has 0 aromatic rings. The number of rotatable bonds is 2. The van der Waals surface area contributed by atoms with Crippen molar-refractivity contribution in [2.45, 2.75) is 12.5 Å². The van der Waals surface area contributed by atoms with Crippen LogP contribution in [0.15, 0.2) is 0 Å². The highest BCUT2D eigenvalue weighted by atomic mass is 127. The molecule has 1 aliphatic heterocycles. The van der Waals surface area contributed by atoms with E-state index < -0.39 is 10.0 Å². The van der Waals surface area contributed by atoms with Gasteiger partial charge in [0.05, 0.1) is 6.26 Å². The van der Waals surface area contributed by atoms with Crippen molar-refractivity contribution >= 4 is 32.9 Å².